The van der Waals surface area contributed by atoms with Crippen LogP contribution in [0, 0.1) is 5.92 Å². The van der Waals surface area contributed by atoms with Gasteiger partial charge in [-0.05, 0) is 0 Å². The highest BCUT2D eigenvalue weighted by Crippen LogP contribution is 2.38. The summed E-state index contributed by atoms with van der Waals surface area (Å²) in [6.07, 6.45) is -2.99. The molecule has 0 bridgehead atoms. The minimum Gasteiger partial charge on any atom is -0.455 e. The smallest absolute Gasteiger partial charge is 0.305 e. The van der Waals surface area contributed by atoms with Crippen LogP contribution in [0.4, 0.5) is 0 Å². The van der Waals surface area contributed by atoms with E-state index in [-0.39, 0.29) is 12.0 Å². The Morgan fingerprint density at radius 3 is 2.36 bits per heavy atom. The molecule has 0 radical (unpaired) electrons. The Morgan fingerprint density at radius 2 is 1.72 bits per heavy atom. The van der Waals surface area contributed by atoms with Crippen molar-refractivity contribution in [1.82, 2.24) is 0 Å². The van der Waals surface area contributed by atoms with Crippen LogP contribution in [0.5, 0.6) is 0 Å². The molecule has 2 aliphatic rings. The van der Waals surface area contributed by atoms with E-state index >= 15 is 0 Å². The molecule has 1 aromatic carbocycles. The lowest BCUT2D eigenvalue weighted by atomic mass is 9.89. The molecule has 2 aliphatic heterocycles. The first kappa shape index (κ1) is 17.8. The Bertz CT molecular complexity index is 617. The highest BCUT2D eigenvalue weighted by Gasteiger charge is 2.50. The van der Waals surface area contributed by atoms with Gasteiger partial charge in [0, 0.05) is 25.3 Å². The zero-order valence-electron chi connectivity index (χ0n) is 14.4. The first-order valence-electron chi connectivity index (χ1n) is 8.27. The summed E-state index contributed by atoms with van der Waals surface area (Å²) in [5.41, 5.74) is 0.902. The molecular weight excluding hydrogens is 328 g/mol. The van der Waals surface area contributed by atoms with Crippen molar-refractivity contribution in [3.63, 3.8) is 0 Å². The first-order chi connectivity index (χ1) is 12.0. The molecule has 3 rings (SSSR count). The van der Waals surface area contributed by atoms with Crippen LogP contribution >= 0.6 is 0 Å². The predicted molar refractivity (Wildman–Crippen MR) is 85.2 cm³/mol. The second-order valence-electron chi connectivity index (χ2n) is 6.26. The van der Waals surface area contributed by atoms with Gasteiger partial charge in [-0.25, -0.2) is 0 Å². The maximum atomic E-state index is 11.5. The SMILES string of the molecule is CC(=O)OC1[C@@H](OC(C)=O)OC2COC(c3ccccc3)O[C@@H]2[C@@H]1C. The third-order valence-electron chi connectivity index (χ3n) is 4.33. The minimum absolute atomic E-state index is 0.234. The van der Waals surface area contributed by atoms with E-state index in [1.54, 1.807) is 0 Å². The quantitative estimate of drug-likeness (QED) is 0.771. The van der Waals surface area contributed by atoms with E-state index in [4.69, 9.17) is 23.7 Å². The number of hydrogen-bond acceptors (Lipinski definition) is 7. The van der Waals surface area contributed by atoms with Gasteiger partial charge in [0.2, 0.25) is 6.29 Å². The molecule has 0 aromatic heterocycles. The fourth-order valence-electron chi connectivity index (χ4n) is 3.21. The summed E-state index contributed by atoms with van der Waals surface area (Å²) in [5, 5.41) is 0. The number of carbonyl (C=O) groups excluding carboxylic acids is 2. The molecule has 3 unspecified atom stereocenters. The Hall–Kier alpha value is -1.96. The second kappa shape index (κ2) is 7.51. The summed E-state index contributed by atoms with van der Waals surface area (Å²) in [6.45, 7) is 4.77. The van der Waals surface area contributed by atoms with Gasteiger partial charge < -0.3 is 23.7 Å². The van der Waals surface area contributed by atoms with Crippen LogP contribution in [0.2, 0.25) is 0 Å². The molecule has 0 aliphatic carbocycles. The number of carbonyl (C=O) groups is 2. The van der Waals surface area contributed by atoms with Crippen molar-refractivity contribution in [3.8, 4) is 0 Å². The van der Waals surface area contributed by atoms with Crippen molar-refractivity contribution in [2.75, 3.05) is 6.61 Å². The summed E-state index contributed by atoms with van der Waals surface area (Å²) in [6, 6.07) is 9.58. The Balaban J connectivity index is 1.77. The largest absolute Gasteiger partial charge is 0.455 e. The van der Waals surface area contributed by atoms with Crippen LogP contribution in [0.15, 0.2) is 30.3 Å². The van der Waals surface area contributed by atoms with Crippen LogP contribution in [0.25, 0.3) is 0 Å². The minimum atomic E-state index is -0.974. The normalized spacial score (nSPS) is 34.7. The molecule has 0 amide bonds. The standard InChI is InChI=1S/C18H22O7/c1-10-15-14(9-21-17(25-15)13-7-5-4-6-8-13)24-18(23-12(3)20)16(10)22-11(2)19/h4-8,10,14-18H,9H2,1-3H3/t10-,14?,15+,16?,17?,18-/m0/s1. The van der Waals surface area contributed by atoms with Crippen LogP contribution in [-0.2, 0) is 33.3 Å². The third-order valence-corrected chi connectivity index (χ3v) is 4.33. The van der Waals surface area contributed by atoms with Crippen molar-refractivity contribution >= 4 is 11.9 Å². The van der Waals surface area contributed by atoms with E-state index in [0.29, 0.717) is 6.61 Å². The molecule has 0 saturated carbocycles. The summed E-state index contributed by atoms with van der Waals surface area (Å²) >= 11 is 0. The van der Waals surface area contributed by atoms with E-state index in [1.165, 1.54) is 13.8 Å². The lowest BCUT2D eigenvalue weighted by molar-refractivity contribution is -0.346. The molecule has 2 heterocycles. The van der Waals surface area contributed by atoms with E-state index in [2.05, 4.69) is 0 Å². The summed E-state index contributed by atoms with van der Waals surface area (Å²) < 4.78 is 28.2. The molecule has 136 valence electrons. The fraction of sp³-hybridized carbons (Fsp3) is 0.556. The van der Waals surface area contributed by atoms with Gasteiger partial charge >= 0.3 is 11.9 Å². The highest BCUT2D eigenvalue weighted by atomic mass is 16.8. The lowest BCUT2D eigenvalue weighted by Crippen LogP contribution is -2.59. The number of fused-ring (bicyclic) bond motifs is 1. The maximum Gasteiger partial charge on any atom is 0.305 e. The van der Waals surface area contributed by atoms with E-state index in [9.17, 15) is 9.59 Å². The number of esters is 2. The highest BCUT2D eigenvalue weighted by molar-refractivity contribution is 5.67. The second-order valence-corrected chi connectivity index (χ2v) is 6.26. The van der Waals surface area contributed by atoms with Gasteiger partial charge in [-0.1, -0.05) is 37.3 Å². The Morgan fingerprint density at radius 1 is 1.04 bits per heavy atom. The average molecular weight is 350 g/mol. The van der Waals surface area contributed by atoms with Crippen molar-refractivity contribution in [3.05, 3.63) is 35.9 Å². The van der Waals surface area contributed by atoms with Gasteiger partial charge in [-0.15, -0.1) is 0 Å². The monoisotopic (exact) mass is 350 g/mol. The van der Waals surface area contributed by atoms with Gasteiger partial charge in [-0.2, -0.15) is 0 Å². The van der Waals surface area contributed by atoms with Crippen molar-refractivity contribution in [2.24, 2.45) is 5.92 Å². The van der Waals surface area contributed by atoms with Crippen LogP contribution in [0.3, 0.4) is 0 Å². The van der Waals surface area contributed by atoms with Gasteiger partial charge in [0.05, 0.1) is 12.7 Å². The van der Waals surface area contributed by atoms with Crippen molar-refractivity contribution < 1.29 is 33.3 Å². The van der Waals surface area contributed by atoms with Gasteiger partial charge in [0.1, 0.15) is 6.10 Å². The van der Waals surface area contributed by atoms with Gasteiger partial charge in [-0.3, -0.25) is 9.59 Å². The van der Waals surface area contributed by atoms with Gasteiger partial charge in [0.15, 0.2) is 12.4 Å². The topological polar surface area (TPSA) is 80.3 Å². The molecule has 7 heteroatoms. The average Bonchev–Trinajstić information content (AvgIpc) is 2.58. The molecule has 1 aromatic rings. The zero-order valence-corrected chi connectivity index (χ0v) is 14.4. The number of hydrogen-bond donors (Lipinski definition) is 0. The van der Waals surface area contributed by atoms with Crippen molar-refractivity contribution in [1.29, 1.82) is 0 Å². The summed E-state index contributed by atoms with van der Waals surface area (Å²) in [4.78, 5) is 22.8. The summed E-state index contributed by atoms with van der Waals surface area (Å²) in [5.74, 6) is -1.21. The van der Waals surface area contributed by atoms with Crippen LogP contribution < -0.4 is 0 Å². The molecule has 2 saturated heterocycles. The molecule has 0 N–H and O–H groups in total. The van der Waals surface area contributed by atoms with E-state index in [1.807, 2.05) is 37.3 Å². The zero-order chi connectivity index (χ0) is 18.0. The van der Waals surface area contributed by atoms with Crippen LogP contribution in [-0.4, -0.2) is 43.1 Å². The maximum absolute atomic E-state index is 11.5. The Kier molecular flexibility index (Phi) is 5.36. The molecule has 7 nitrogen and oxygen atoms in total. The Labute approximate surface area is 146 Å². The van der Waals surface area contributed by atoms with Gasteiger partial charge in [0.25, 0.3) is 0 Å². The molecular formula is C18H22O7. The van der Waals surface area contributed by atoms with Crippen LogP contribution in [0.1, 0.15) is 32.6 Å². The molecule has 6 atom stereocenters. The fourth-order valence-corrected chi connectivity index (χ4v) is 3.21. The molecule has 2 fully saturated rings. The lowest BCUT2D eigenvalue weighted by Gasteiger charge is -2.47. The summed E-state index contributed by atoms with van der Waals surface area (Å²) in [7, 11) is 0. The van der Waals surface area contributed by atoms with E-state index < -0.39 is 36.7 Å². The molecule has 0 spiro atoms. The van der Waals surface area contributed by atoms with E-state index in [0.717, 1.165) is 5.56 Å². The predicted octanol–water partition coefficient (Wildman–Crippen LogP) is 1.96. The molecule has 25 heavy (non-hydrogen) atoms. The number of rotatable bonds is 3. The van der Waals surface area contributed by atoms with Crippen molar-refractivity contribution in [2.45, 2.75) is 51.7 Å². The first-order valence-corrected chi connectivity index (χ1v) is 8.27. The number of ether oxygens (including phenoxy) is 5. The number of benzene rings is 1. The third kappa shape index (κ3) is 4.00.